The van der Waals surface area contributed by atoms with Gasteiger partial charge in [-0.3, -0.25) is 0 Å². The maximum absolute atomic E-state index is 5.04. The maximum atomic E-state index is 5.04. The van der Waals surface area contributed by atoms with Gasteiger partial charge in [-0.2, -0.15) is 4.98 Å². The molecule has 2 aromatic rings. The number of rotatable bonds is 3. The quantitative estimate of drug-likeness (QED) is 0.864. The summed E-state index contributed by atoms with van der Waals surface area (Å²) in [5.74, 6) is 2.08. The fourth-order valence-electron chi connectivity index (χ4n) is 1.29. The van der Waals surface area contributed by atoms with E-state index in [1.807, 2.05) is 24.1 Å². The van der Waals surface area contributed by atoms with Crippen LogP contribution in [0.15, 0.2) is 27.3 Å². The Bertz CT molecular complexity index is 485. The van der Waals surface area contributed by atoms with Gasteiger partial charge in [0, 0.05) is 17.7 Å². The first-order valence-corrected chi connectivity index (χ1v) is 5.56. The zero-order chi connectivity index (χ0) is 11.5. The molecule has 0 unspecified atom stereocenters. The molecular weight excluding hydrogens is 272 g/mol. The third-order valence-corrected chi connectivity index (χ3v) is 2.53. The summed E-state index contributed by atoms with van der Waals surface area (Å²) in [5.41, 5.74) is 0. The molecule has 0 aliphatic rings. The predicted molar refractivity (Wildman–Crippen MR) is 63.1 cm³/mol. The average molecular weight is 283 g/mol. The summed E-state index contributed by atoms with van der Waals surface area (Å²) in [4.78, 5) is 10.3. The van der Waals surface area contributed by atoms with E-state index in [4.69, 9.17) is 4.52 Å². The second-order valence-corrected chi connectivity index (χ2v) is 4.34. The summed E-state index contributed by atoms with van der Waals surface area (Å²) in [6.07, 6.45) is 1.75. The van der Waals surface area contributed by atoms with Crippen LogP contribution in [0.1, 0.15) is 11.7 Å². The molecule has 2 rings (SSSR count). The molecule has 0 bridgehead atoms. The van der Waals surface area contributed by atoms with Gasteiger partial charge in [0.1, 0.15) is 5.82 Å². The van der Waals surface area contributed by atoms with Gasteiger partial charge in [-0.05, 0) is 19.1 Å². The molecule has 5 nitrogen and oxygen atoms in total. The van der Waals surface area contributed by atoms with E-state index in [1.165, 1.54) is 0 Å². The molecule has 2 aromatic heterocycles. The SMILES string of the molecule is Cc1noc(CN(C)c2cc(Br)ccn2)n1. The Balaban J connectivity index is 2.11. The molecular formula is C10H11BrN4O. The first-order chi connectivity index (χ1) is 7.65. The highest BCUT2D eigenvalue weighted by molar-refractivity contribution is 9.10. The van der Waals surface area contributed by atoms with Gasteiger partial charge in [-0.1, -0.05) is 21.1 Å². The molecule has 6 heteroatoms. The highest BCUT2D eigenvalue weighted by Gasteiger charge is 2.08. The van der Waals surface area contributed by atoms with E-state index in [0.29, 0.717) is 18.3 Å². The van der Waals surface area contributed by atoms with E-state index in [2.05, 4.69) is 31.1 Å². The number of nitrogens with zero attached hydrogens (tertiary/aromatic N) is 4. The van der Waals surface area contributed by atoms with Gasteiger partial charge in [0.2, 0.25) is 5.89 Å². The first kappa shape index (κ1) is 11.1. The average Bonchev–Trinajstić information content (AvgIpc) is 2.64. The smallest absolute Gasteiger partial charge is 0.246 e. The van der Waals surface area contributed by atoms with Crippen molar-refractivity contribution in [3.8, 4) is 0 Å². The van der Waals surface area contributed by atoms with Crippen molar-refractivity contribution in [1.82, 2.24) is 15.1 Å². The summed E-state index contributed by atoms with van der Waals surface area (Å²) in [6, 6.07) is 3.82. The van der Waals surface area contributed by atoms with Crippen molar-refractivity contribution in [2.75, 3.05) is 11.9 Å². The molecule has 0 spiro atoms. The van der Waals surface area contributed by atoms with Gasteiger partial charge in [-0.25, -0.2) is 4.98 Å². The van der Waals surface area contributed by atoms with Crippen LogP contribution in [0.5, 0.6) is 0 Å². The molecule has 0 atom stereocenters. The monoisotopic (exact) mass is 282 g/mol. The number of anilines is 1. The van der Waals surface area contributed by atoms with Crippen LogP contribution in [-0.2, 0) is 6.54 Å². The van der Waals surface area contributed by atoms with Crippen LogP contribution >= 0.6 is 15.9 Å². The van der Waals surface area contributed by atoms with Gasteiger partial charge in [0.15, 0.2) is 5.82 Å². The van der Waals surface area contributed by atoms with Crippen LogP contribution in [0, 0.1) is 6.92 Å². The van der Waals surface area contributed by atoms with Crippen molar-refractivity contribution < 1.29 is 4.52 Å². The molecule has 0 fully saturated rings. The van der Waals surface area contributed by atoms with Crippen LogP contribution in [0.4, 0.5) is 5.82 Å². The second kappa shape index (κ2) is 4.61. The van der Waals surface area contributed by atoms with Gasteiger partial charge in [0.25, 0.3) is 0 Å². The van der Waals surface area contributed by atoms with Crippen molar-refractivity contribution in [2.45, 2.75) is 13.5 Å². The van der Waals surface area contributed by atoms with E-state index in [9.17, 15) is 0 Å². The van der Waals surface area contributed by atoms with Crippen LogP contribution < -0.4 is 4.90 Å². The number of halogens is 1. The molecule has 0 saturated heterocycles. The highest BCUT2D eigenvalue weighted by Crippen LogP contribution is 2.17. The first-order valence-electron chi connectivity index (χ1n) is 4.77. The second-order valence-electron chi connectivity index (χ2n) is 3.42. The minimum atomic E-state index is 0.546. The fourth-order valence-corrected chi connectivity index (χ4v) is 1.61. The van der Waals surface area contributed by atoms with Crippen molar-refractivity contribution in [2.24, 2.45) is 0 Å². The topological polar surface area (TPSA) is 55.1 Å². The Labute approximate surface area is 102 Å². The summed E-state index contributed by atoms with van der Waals surface area (Å²) >= 11 is 3.40. The van der Waals surface area contributed by atoms with E-state index >= 15 is 0 Å². The molecule has 0 radical (unpaired) electrons. The summed E-state index contributed by atoms with van der Waals surface area (Å²) < 4.78 is 6.04. The van der Waals surface area contributed by atoms with Gasteiger partial charge in [0.05, 0.1) is 6.54 Å². The third kappa shape index (κ3) is 2.57. The molecule has 0 N–H and O–H groups in total. The number of aromatic nitrogens is 3. The maximum Gasteiger partial charge on any atom is 0.246 e. The minimum absolute atomic E-state index is 0.546. The molecule has 16 heavy (non-hydrogen) atoms. The molecule has 0 aliphatic carbocycles. The number of hydrogen-bond acceptors (Lipinski definition) is 5. The molecule has 2 heterocycles. The predicted octanol–water partition coefficient (Wildman–Crippen LogP) is 2.17. The van der Waals surface area contributed by atoms with Crippen LogP contribution in [0.3, 0.4) is 0 Å². The Morgan fingerprint density at radius 3 is 2.94 bits per heavy atom. The summed E-state index contributed by atoms with van der Waals surface area (Å²) in [5, 5.41) is 3.74. The lowest BCUT2D eigenvalue weighted by Crippen LogP contribution is -2.17. The van der Waals surface area contributed by atoms with Crippen molar-refractivity contribution in [3.63, 3.8) is 0 Å². The van der Waals surface area contributed by atoms with Crippen LogP contribution in [-0.4, -0.2) is 22.2 Å². The lowest BCUT2D eigenvalue weighted by atomic mass is 10.4. The zero-order valence-corrected chi connectivity index (χ0v) is 10.6. The lowest BCUT2D eigenvalue weighted by Gasteiger charge is -2.15. The normalized spacial score (nSPS) is 10.4. The lowest BCUT2D eigenvalue weighted by molar-refractivity contribution is 0.374. The summed E-state index contributed by atoms with van der Waals surface area (Å²) in [7, 11) is 1.92. The Hall–Kier alpha value is -1.43. The number of hydrogen-bond donors (Lipinski definition) is 0. The van der Waals surface area contributed by atoms with E-state index in [1.54, 1.807) is 13.1 Å². The Morgan fingerprint density at radius 2 is 2.31 bits per heavy atom. The van der Waals surface area contributed by atoms with Crippen molar-refractivity contribution in [1.29, 1.82) is 0 Å². The zero-order valence-electron chi connectivity index (χ0n) is 9.01. The van der Waals surface area contributed by atoms with Gasteiger partial charge >= 0.3 is 0 Å². The number of aryl methyl sites for hydroxylation is 1. The Kier molecular flexibility index (Phi) is 3.19. The highest BCUT2D eigenvalue weighted by atomic mass is 79.9. The minimum Gasteiger partial charge on any atom is -0.350 e. The largest absolute Gasteiger partial charge is 0.350 e. The fraction of sp³-hybridized carbons (Fsp3) is 0.300. The Morgan fingerprint density at radius 1 is 1.50 bits per heavy atom. The molecule has 0 aromatic carbocycles. The van der Waals surface area contributed by atoms with Crippen molar-refractivity contribution in [3.05, 3.63) is 34.5 Å². The van der Waals surface area contributed by atoms with Crippen molar-refractivity contribution >= 4 is 21.7 Å². The third-order valence-electron chi connectivity index (χ3n) is 2.04. The van der Waals surface area contributed by atoms with E-state index in [-0.39, 0.29) is 0 Å². The summed E-state index contributed by atoms with van der Waals surface area (Å²) in [6.45, 7) is 2.34. The number of pyridine rings is 1. The van der Waals surface area contributed by atoms with Gasteiger partial charge in [-0.15, -0.1) is 0 Å². The van der Waals surface area contributed by atoms with E-state index in [0.717, 1.165) is 10.3 Å². The van der Waals surface area contributed by atoms with Crippen LogP contribution in [0.25, 0.3) is 0 Å². The van der Waals surface area contributed by atoms with E-state index < -0.39 is 0 Å². The molecule has 0 amide bonds. The molecule has 0 saturated carbocycles. The van der Waals surface area contributed by atoms with Crippen LogP contribution in [0.2, 0.25) is 0 Å². The van der Waals surface area contributed by atoms with Gasteiger partial charge < -0.3 is 9.42 Å². The molecule has 84 valence electrons. The standard InChI is InChI=1S/C10H11BrN4O/c1-7-13-10(16-14-7)6-15(2)9-5-8(11)3-4-12-9/h3-5H,6H2,1-2H3. The molecule has 0 aliphatic heterocycles.